The first kappa shape index (κ1) is 16.5. The van der Waals surface area contributed by atoms with Crippen molar-refractivity contribution in [3.63, 3.8) is 0 Å². The zero-order chi connectivity index (χ0) is 15.1. The van der Waals surface area contributed by atoms with Crippen LogP contribution in [0.25, 0.3) is 0 Å². The van der Waals surface area contributed by atoms with Gasteiger partial charge in [-0.15, -0.1) is 0 Å². The Labute approximate surface area is 129 Å². The van der Waals surface area contributed by atoms with Crippen LogP contribution >= 0.6 is 0 Å². The lowest BCUT2D eigenvalue weighted by Crippen LogP contribution is -2.42. The number of likely N-dealkylation sites (tertiary alicyclic amines) is 1. The Bertz CT molecular complexity index is 402. The average molecular weight is 290 g/mol. The Balaban J connectivity index is 1.86. The van der Waals surface area contributed by atoms with E-state index < -0.39 is 0 Å². The fourth-order valence-electron chi connectivity index (χ4n) is 3.15. The van der Waals surface area contributed by atoms with Crippen LogP contribution < -0.4 is 5.73 Å². The van der Waals surface area contributed by atoms with Gasteiger partial charge in [-0.3, -0.25) is 4.90 Å². The topological polar surface area (TPSA) is 38.5 Å². The van der Waals surface area contributed by atoms with Crippen LogP contribution in [0, 0.1) is 0 Å². The van der Waals surface area contributed by atoms with E-state index in [1.807, 2.05) is 0 Å². The summed E-state index contributed by atoms with van der Waals surface area (Å²) in [4.78, 5) is 2.45. The second-order valence-corrected chi connectivity index (χ2v) is 6.08. The van der Waals surface area contributed by atoms with Crippen LogP contribution in [-0.4, -0.2) is 37.2 Å². The van der Waals surface area contributed by atoms with Crippen molar-refractivity contribution in [1.82, 2.24) is 4.90 Å². The summed E-state index contributed by atoms with van der Waals surface area (Å²) in [5, 5.41) is 0. The van der Waals surface area contributed by atoms with E-state index in [9.17, 15) is 0 Å². The van der Waals surface area contributed by atoms with E-state index in [-0.39, 0.29) is 6.04 Å². The van der Waals surface area contributed by atoms with Gasteiger partial charge in [-0.25, -0.2) is 0 Å². The number of rotatable bonds is 7. The van der Waals surface area contributed by atoms with E-state index >= 15 is 0 Å². The third-order valence-corrected chi connectivity index (χ3v) is 4.27. The van der Waals surface area contributed by atoms with Crippen molar-refractivity contribution >= 4 is 0 Å². The first-order valence-electron chi connectivity index (χ1n) is 8.41. The van der Waals surface area contributed by atoms with Crippen LogP contribution in [0.4, 0.5) is 0 Å². The molecule has 118 valence electrons. The number of benzene rings is 1. The highest BCUT2D eigenvalue weighted by Crippen LogP contribution is 2.18. The maximum atomic E-state index is 6.39. The zero-order valence-electron chi connectivity index (χ0n) is 13.6. The van der Waals surface area contributed by atoms with Crippen molar-refractivity contribution in [3.8, 4) is 0 Å². The molecule has 0 aliphatic carbocycles. The van der Waals surface area contributed by atoms with E-state index in [1.165, 1.54) is 30.4 Å². The molecule has 2 N–H and O–H groups in total. The van der Waals surface area contributed by atoms with Crippen LogP contribution in [0.1, 0.15) is 50.3 Å². The molecule has 2 unspecified atom stereocenters. The molecule has 1 saturated heterocycles. The molecule has 3 nitrogen and oxygen atoms in total. The summed E-state index contributed by atoms with van der Waals surface area (Å²) in [5.74, 6) is 0. The molecule has 0 radical (unpaired) electrons. The molecule has 2 atom stereocenters. The van der Waals surface area contributed by atoms with Gasteiger partial charge < -0.3 is 10.5 Å². The van der Waals surface area contributed by atoms with Gasteiger partial charge in [0.15, 0.2) is 0 Å². The fourth-order valence-corrected chi connectivity index (χ4v) is 3.15. The minimum Gasteiger partial charge on any atom is -0.377 e. The summed E-state index contributed by atoms with van der Waals surface area (Å²) >= 11 is 0. The van der Waals surface area contributed by atoms with Crippen molar-refractivity contribution in [2.75, 3.05) is 26.2 Å². The molecule has 1 aliphatic rings. The van der Waals surface area contributed by atoms with E-state index in [2.05, 4.69) is 43.0 Å². The number of ether oxygens (including phenoxy) is 1. The van der Waals surface area contributed by atoms with Gasteiger partial charge >= 0.3 is 0 Å². The summed E-state index contributed by atoms with van der Waals surface area (Å²) in [5.41, 5.74) is 9.04. The second-order valence-electron chi connectivity index (χ2n) is 6.08. The number of nitrogens with two attached hydrogens (primary N) is 1. The summed E-state index contributed by atoms with van der Waals surface area (Å²) in [6, 6.07) is 8.93. The van der Waals surface area contributed by atoms with Crippen LogP contribution in [0.2, 0.25) is 0 Å². The van der Waals surface area contributed by atoms with Crippen LogP contribution in [0.3, 0.4) is 0 Å². The molecule has 3 heteroatoms. The van der Waals surface area contributed by atoms with E-state index in [1.54, 1.807) is 0 Å². The fraction of sp³-hybridized carbons (Fsp3) is 0.667. The molecule has 0 saturated carbocycles. The summed E-state index contributed by atoms with van der Waals surface area (Å²) in [6.07, 6.45) is 5.14. The van der Waals surface area contributed by atoms with Gasteiger partial charge in [0.2, 0.25) is 0 Å². The predicted octanol–water partition coefficient (Wildman–Crippen LogP) is 3.14. The normalized spacial score (nSPS) is 21.4. The highest BCUT2D eigenvalue weighted by atomic mass is 16.5. The Morgan fingerprint density at radius 3 is 2.71 bits per heavy atom. The largest absolute Gasteiger partial charge is 0.377 e. The molecular formula is C18H30N2O. The minimum absolute atomic E-state index is 0.0982. The maximum absolute atomic E-state index is 6.39. The molecule has 0 amide bonds. The number of piperidine rings is 1. The second kappa shape index (κ2) is 8.52. The molecule has 1 aliphatic heterocycles. The molecule has 1 aromatic carbocycles. The molecular weight excluding hydrogens is 260 g/mol. The molecule has 21 heavy (non-hydrogen) atoms. The summed E-state index contributed by atoms with van der Waals surface area (Å²) in [6.45, 7) is 8.19. The highest BCUT2D eigenvalue weighted by molar-refractivity contribution is 5.25. The maximum Gasteiger partial charge on any atom is 0.0702 e. The van der Waals surface area contributed by atoms with Crippen LogP contribution in [-0.2, 0) is 11.2 Å². The standard InChI is InChI=1S/C18H30N2O/c1-3-6-15-8-10-16(11-9-15)18(19)14-20-12-5-7-17(13-20)21-4-2/h8-11,17-18H,3-7,12-14,19H2,1-2H3. The van der Waals surface area contributed by atoms with Gasteiger partial charge in [0.1, 0.15) is 0 Å². The Morgan fingerprint density at radius 2 is 2.05 bits per heavy atom. The Kier molecular flexibility index (Phi) is 6.68. The van der Waals surface area contributed by atoms with E-state index in [0.717, 1.165) is 32.7 Å². The number of hydrogen-bond donors (Lipinski definition) is 1. The van der Waals surface area contributed by atoms with Crippen molar-refractivity contribution < 1.29 is 4.74 Å². The van der Waals surface area contributed by atoms with Gasteiger partial charge in [-0.05, 0) is 43.9 Å². The monoisotopic (exact) mass is 290 g/mol. The minimum atomic E-state index is 0.0982. The average Bonchev–Trinajstić information content (AvgIpc) is 2.49. The van der Waals surface area contributed by atoms with Gasteiger partial charge in [-0.1, -0.05) is 37.6 Å². The van der Waals surface area contributed by atoms with Crippen molar-refractivity contribution in [3.05, 3.63) is 35.4 Å². The zero-order valence-corrected chi connectivity index (χ0v) is 13.6. The molecule has 1 fully saturated rings. The first-order chi connectivity index (χ1) is 10.2. The third-order valence-electron chi connectivity index (χ3n) is 4.27. The van der Waals surface area contributed by atoms with Crippen molar-refractivity contribution in [2.24, 2.45) is 5.73 Å². The number of hydrogen-bond acceptors (Lipinski definition) is 3. The number of aryl methyl sites for hydroxylation is 1. The smallest absolute Gasteiger partial charge is 0.0702 e. The first-order valence-corrected chi connectivity index (χ1v) is 8.41. The highest BCUT2D eigenvalue weighted by Gasteiger charge is 2.21. The van der Waals surface area contributed by atoms with Crippen LogP contribution in [0.15, 0.2) is 24.3 Å². The summed E-state index contributed by atoms with van der Waals surface area (Å²) < 4.78 is 5.76. The van der Waals surface area contributed by atoms with Crippen molar-refractivity contribution in [2.45, 2.75) is 51.7 Å². The Hall–Kier alpha value is -0.900. The molecule has 1 aromatic rings. The van der Waals surface area contributed by atoms with Gasteiger partial charge in [0.25, 0.3) is 0 Å². The lowest BCUT2D eigenvalue weighted by molar-refractivity contribution is 0.00449. The third kappa shape index (κ3) is 5.10. The van der Waals surface area contributed by atoms with E-state index in [4.69, 9.17) is 10.5 Å². The number of nitrogens with zero attached hydrogens (tertiary/aromatic N) is 1. The quantitative estimate of drug-likeness (QED) is 0.838. The van der Waals surface area contributed by atoms with Gasteiger partial charge in [0.05, 0.1) is 6.10 Å². The van der Waals surface area contributed by atoms with Crippen LogP contribution in [0.5, 0.6) is 0 Å². The summed E-state index contributed by atoms with van der Waals surface area (Å²) in [7, 11) is 0. The lowest BCUT2D eigenvalue weighted by atomic mass is 10.0. The van der Waals surface area contributed by atoms with Gasteiger partial charge in [0, 0.05) is 25.7 Å². The SMILES string of the molecule is CCCc1ccc(C(N)CN2CCCC(OCC)C2)cc1. The Morgan fingerprint density at radius 1 is 1.29 bits per heavy atom. The lowest BCUT2D eigenvalue weighted by Gasteiger charge is -2.34. The molecule has 2 rings (SSSR count). The van der Waals surface area contributed by atoms with Gasteiger partial charge in [-0.2, -0.15) is 0 Å². The molecule has 0 spiro atoms. The van der Waals surface area contributed by atoms with Crippen molar-refractivity contribution in [1.29, 1.82) is 0 Å². The molecule has 0 aromatic heterocycles. The predicted molar refractivity (Wildman–Crippen MR) is 88.5 cm³/mol. The molecule has 1 heterocycles. The molecule has 0 bridgehead atoms. The van der Waals surface area contributed by atoms with E-state index in [0.29, 0.717) is 6.10 Å².